The van der Waals surface area contributed by atoms with Gasteiger partial charge in [-0.05, 0) is 60.7 Å². The van der Waals surface area contributed by atoms with Gasteiger partial charge in [-0.1, -0.05) is 12.1 Å². The van der Waals surface area contributed by atoms with Gasteiger partial charge in [0, 0.05) is 17.8 Å². The van der Waals surface area contributed by atoms with Crippen LogP contribution in [0.3, 0.4) is 0 Å². The second kappa shape index (κ2) is 8.22. The van der Waals surface area contributed by atoms with Crippen molar-refractivity contribution in [3.8, 4) is 0 Å². The maximum atomic E-state index is 13.0. The Labute approximate surface area is 161 Å². The van der Waals surface area contributed by atoms with Gasteiger partial charge in [0.15, 0.2) is 0 Å². The molecular weight excluding hydrogens is 361 g/mol. The number of urea groups is 1. The van der Waals surface area contributed by atoms with Crippen LogP contribution in [0.1, 0.15) is 16.7 Å². The molecule has 3 N–H and O–H groups in total. The van der Waals surface area contributed by atoms with Crippen molar-refractivity contribution >= 4 is 22.6 Å². The highest BCUT2D eigenvalue weighted by atomic mass is 19.1. The van der Waals surface area contributed by atoms with E-state index >= 15 is 0 Å². The number of aromatic nitrogens is 1. The number of aliphatic hydroxyl groups excluding tert-OH is 1. The van der Waals surface area contributed by atoms with E-state index in [0.29, 0.717) is 11.3 Å². The SMILES string of the molecule is Cc1ccc2cc(CN(CCO)C(=O)Nc3ccc(F)cc3)c(=O)[nH]c2c1C. The fourth-order valence-corrected chi connectivity index (χ4v) is 3.00. The van der Waals surface area contributed by atoms with Crippen molar-refractivity contribution in [1.29, 1.82) is 0 Å². The Kier molecular flexibility index (Phi) is 5.75. The average Bonchev–Trinajstić information content (AvgIpc) is 2.67. The number of halogens is 1. The fraction of sp³-hybridized carbons (Fsp3) is 0.238. The highest BCUT2D eigenvalue weighted by molar-refractivity contribution is 5.89. The maximum Gasteiger partial charge on any atom is 0.322 e. The number of nitrogens with one attached hydrogen (secondary N) is 2. The zero-order valence-corrected chi connectivity index (χ0v) is 15.8. The quantitative estimate of drug-likeness (QED) is 0.632. The molecule has 0 unspecified atom stereocenters. The summed E-state index contributed by atoms with van der Waals surface area (Å²) >= 11 is 0. The first-order valence-corrected chi connectivity index (χ1v) is 8.93. The van der Waals surface area contributed by atoms with Gasteiger partial charge >= 0.3 is 6.03 Å². The van der Waals surface area contributed by atoms with E-state index in [0.717, 1.165) is 22.0 Å². The van der Waals surface area contributed by atoms with E-state index in [1.807, 2.05) is 26.0 Å². The number of anilines is 1. The van der Waals surface area contributed by atoms with Gasteiger partial charge in [-0.2, -0.15) is 0 Å². The van der Waals surface area contributed by atoms with Crippen molar-refractivity contribution in [3.63, 3.8) is 0 Å². The summed E-state index contributed by atoms with van der Waals surface area (Å²) in [6, 6.07) is 10.5. The predicted octanol–water partition coefficient (Wildman–Crippen LogP) is 3.31. The number of benzene rings is 2. The number of aryl methyl sites for hydroxylation is 2. The Morgan fingerprint density at radius 3 is 2.57 bits per heavy atom. The lowest BCUT2D eigenvalue weighted by Gasteiger charge is -2.22. The molecule has 0 spiro atoms. The van der Waals surface area contributed by atoms with Crippen LogP contribution in [0.25, 0.3) is 10.9 Å². The van der Waals surface area contributed by atoms with Crippen LogP contribution < -0.4 is 10.9 Å². The summed E-state index contributed by atoms with van der Waals surface area (Å²) in [7, 11) is 0. The Hall–Kier alpha value is -3.19. The third-order valence-corrected chi connectivity index (χ3v) is 4.74. The van der Waals surface area contributed by atoms with Crippen molar-refractivity contribution in [3.05, 3.63) is 75.3 Å². The monoisotopic (exact) mass is 383 g/mol. The van der Waals surface area contributed by atoms with E-state index in [1.54, 1.807) is 6.07 Å². The number of fused-ring (bicyclic) bond motifs is 1. The third-order valence-electron chi connectivity index (χ3n) is 4.74. The number of carbonyl (C=O) groups is 1. The smallest absolute Gasteiger partial charge is 0.322 e. The molecule has 0 aliphatic rings. The molecule has 2 aromatic carbocycles. The van der Waals surface area contributed by atoms with Crippen LogP contribution in [0.2, 0.25) is 0 Å². The molecule has 0 saturated carbocycles. The molecule has 0 radical (unpaired) electrons. The molecule has 7 heteroatoms. The average molecular weight is 383 g/mol. The van der Waals surface area contributed by atoms with Gasteiger partial charge < -0.3 is 20.3 Å². The molecular formula is C21H22FN3O3. The molecule has 146 valence electrons. The first-order chi connectivity index (χ1) is 13.4. The van der Waals surface area contributed by atoms with Crippen molar-refractivity contribution < 1.29 is 14.3 Å². The third kappa shape index (κ3) is 4.20. The summed E-state index contributed by atoms with van der Waals surface area (Å²) in [5.41, 5.74) is 3.42. The maximum absolute atomic E-state index is 13.0. The number of hydrogen-bond donors (Lipinski definition) is 3. The number of aromatic amines is 1. The molecule has 3 rings (SSSR count). The summed E-state index contributed by atoms with van der Waals surface area (Å²) in [6.45, 7) is 3.76. The molecule has 0 aliphatic carbocycles. The fourth-order valence-electron chi connectivity index (χ4n) is 3.00. The van der Waals surface area contributed by atoms with Gasteiger partial charge in [-0.3, -0.25) is 4.79 Å². The molecule has 0 aliphatic heterocycles. The van der Waals surface area contributed by atoms with Gasteiger partial charge in [0.05, 0.1) is 18.7 Å². The number of amides is 2. The van der Waals surface area contributed by atoms with Crippen molar-refractivity contribution in [2.75, 3.05) is 18.5 Å². The van der Waals surface area contributed by atoms with Crippen LogP contribution >= 0.6 is 0 Å². The van der Waals surface area contributed by atoms with E-state index in [2.05, 4.69) is 10.3 Å². The van der Waals surface area contributed by atoms with E-state index in [9.17, 15) is 19.1 Å². The lowest BCUT2D eigenvalue weighted by atomic mass is 10.0. The highest BCUT2D eigenvalue weighted by Gasteiger charge is 2.16. The summed E-state index contributed by atoms with van der Waals surface area (Å²) in [6.07, 6.45) is 0. The molecule has 0 bridgehead atoms. The summed E-state index contributed by atoms with van der Waals surface area (Å²) in [5.74, 6) is -0.404. The Morgan fingerprint density at radius 2 is 1.89 bits per heavy atom. The number of nitrogens with zero attached hydrogens (tertiary/aromatic N) is 1. The molecule has 0 atom stereocenters. The van der Waals surface area contributed by atoms with Crippen LogP contribution in [-0.4, -0.2) is 34.2 Å². The molecule has 6 nitrogen and oxygen atoms in total. The molecule has 1 aromatic heterocycles. The zero-order chi connectivity index (χ0) is 20.3. The molecule has 3 aromatic rings. The standard InChI is InChI=1S/C21H22FN3O3/c1-13-3-4-15-11-16(20(27)24-19(15)14(13)2)12-25(9-10-26)21(28)23-18-7-5-17(22)6-8-18/h3-8,11,26H,9-10,12H2,1-2H3,(H,23,28)(H,24,27). The second-order valence-electron chi connectivity index (χ2n) is 6.68. The summed E-state index contributed by atoms with van der Waals surface area (Å²) in [5, 5.41) is 12.8. The van der Waals surface area contributed by atoms with Crippen LogP contribution in [0.5, 0.6) is 0 Å². The largest absolute Gasteiger partial charge is 0.395 e. The Morgan fingerprint density at radius 1 is 1.18 bits per heavy atom. The Bertz CT molecular complexity index is 1060. The van der Waals surface area contributed by atoms with Crippen molar-refractivity contribution in [2.45, 2.75) is 20.4 Å². The first kappa shape index (κ1) is 19.6. The van der Waals surface area contributed by atoms with Crippen molar-refractivity contribution in [1.82, 2.24) is 9.88 Å². The predicted molar refractivity (Wildman–Crippen MR) is 107 cm³/mol. The van der Waals surface area contributed by atoms with E-state index in [-0.39, 0.29) is 25.3 Å². The number of hydrogen-bond acceptors (Lipinski definition) is 3. The number of aliphatic hydroxyl groups is 1. The molecule has 28 heavy (non-hydrogen) atoms. The second-order valence-corrected chi connectivity index (χ2v) is 6.68. The molecule has 0 saturated heterocycles. The van der Waals surface area contributed by atoms with Gasteiger partial charge in [-0.15, -0.1) is 0 Å². The number of pyridine rings is 1. The van der Waals surface area contributed by atoms with E-state index < -0.39 is 11.8 Å². The lowest BCUT2D eigenvalue weighted by Crippen LogP contribution is -2.38. The highest BCUT2D eigenvalue weighted by Crippen LogP contribution is 2.19. The first-order valence-electron chi connectivity index (χ1n) is 8.93. The van der Waals surface area contributed by atoms with Crippen LogP contribution in [0, 0.1) is 19.7 Å². The molecule has 0 fully saturated rings. The van der Waals surface area contributed by atoms with Crippen LogP contribution in [0.15, 0.2) is 47.3 Å². The number of carbonyl (C=O) groups excluding carboxylic acids is 1. The van der Waals surface area contributed by atoms with Gasteiger partial charge in [0.1, 0.15) is 5.82 Å². The van der Waals surface area contributed by atoms with Gasteiger partial charge in [0.2, 0.25) is 0 Å². The normalized spacial score (nSPS) is 10.9. The topological polar surface area (TPSA) is 85.4 Å². The summed E-state index contributed by atoms with van der Waals surface area (Å²) in [4.78, 5) is 29.3. The number of H-pyrrole nitrogens is 1. The lowest BCUT2D eigenvalue weighted by molar-refractivity contribution is 0.185. The van der Waals surface area contributed by atoms with Crippen molar-refractivity contribution in [2.24, 2.45) is 0 Å². The minimum Gasteiger partial charge on any atom is -0.395 e. The Balaban J connectivity index is 1.86. The number of rotatable bonds is 5. The minimum absolute atomic E-state index is 0.0335. The summed E-state index contributed by atoms with van der Waals surface area (Å²) < 4.78 is 13.0. The van der Waals surface area contributed by atoms with E-state index in [4.69, 9.17) is 0 Å². The van der Waals surface area contributed by atoms with E-state index in [1.165, 1.54) is 29.2 Å². The molecule has 2 amide bonds. The van der Waals surface area contributed by atoms with Gasteiger partial charge in [0.25, 0.3) is 5.56 Å². The van der Waals surface area contributed by atoms with Crippen LogP contribution in [-0.2, 0) is 6.54 Å². The minimum atomic E-state index is -0.486. The van der Waals surface area contributed by atoms with Gasteiger partial charge in [-0.25, -0.2) is 9.18 Å². The molecule has 1 heterocycles. The zero-order valence-electron chi connectivity index (χ0n) is 15.8. The van der Waals surface area contributed by atoms with Crippen LogP contribution in [0.4, 0.5) is 14.9 Å².